The lowest BCUT2D eigenvalue weighted by atomic mass is 9.99. The number of likely N-dealkylation sites (tertiary alicyclic amines) is 1. The Bertz CT molecular complexity index is 210. The molecule has 1 atom stereocenters. The first kappa shape index (κ1) is 10.0. The SMILES string of the molecule is C=CCC1CCCC(=O)N1CC=C. The van der Waals surface area contributed by atoms with E-state index in [0.717, 1.165) is 19.3 Å². The maximum absolute atomic E-state index is 11.5. The number of hydrogen-bond acceptors (Lipinski definition) is 1. The van der Waals surface area contributed by atoms with Crippen molar-refractivity contribution in [3.63, 3.8) is 0 Å². The zero-order valence-electron chi connectivity index (χ0n) is 8.04. The molecule has 13 heavy (non-hydrogen) atoms. The van der Waals surface area contributed by atoms with Crippen LogP contribution in [0.15, 0.2) is 25.3 Å². The largest absolute Gasteiger partial charge is 0.336 e. The van der Waals surface area contributed by atoms with Crippen LogP contribution in [-0.2, 0) is 4.79 Å². The Morgan fingerprint density at radius 3 is 2.85 bits per heavy atom. The molecule has 72 valence electrons. The minimum atomic E-state index is 0.262. The van der Waals surface area contributed by atoms with Gasteiger partial charge in [0.2, 0.25) is 5.91 Å². The van der Waals surface area contributed by atoms with Gasteiger partial charge in [0.15, 0.2) is 0 Å². The summed E-state index contributed by atoms with van der Waals surface area (Å²) in [6.07, 6.45) is 7.40. The average molecular weight is 179 g/mol. The highest BCUT2D eigenvalue weighted by Crippen LogP contribution is 2.20. The van der Waals surface area contributed by atoms with Crippen molar-refractivity contribution in [3.8, 4) is 0 Å². The molecule has 1 unspecified atom stereocenters. The second-order valence-corrected chi connectivity index (χ2v) is 3.41. The molecule has 1 heterocycles. The molecule has 0 aliphatic carbocycles. The van der Waals surface area contributed by atoms with Gasteiger partial charge in [0, 0.05) is 19.0 Å². The van der Waals surface area contributed by atoms with Gasteiger partial charge in [-0.05, 0) is 19.3 Å². The number of carbonyl (C=O) groups is 1. The van der Waals surface area contributed by atoms with Crippen molar-refractivity contribution in [1.29, 1.82) is 0 Å². The fourth-order valence-corrected chi connectivity index (χ4v) is 1.82. The van der Waals surface area contributed by atoms with Crippen molar-refractivity contribution in [1.82, 2.24) is 4.90 Å². The molecule has 1 saturated heterocycles. The van der Waals surface area contributed by atoms with Crippen LogP contribution < -0.4 is 0 Å². The second kappa shape index (κ2) is 4.85. The zero-order chi connectivity index (χ0) is 9.68. The van der Waals surface area contributed by atoms with E-state index in [2.05, 4.69) is 13.2 Å². The van der Waals surface area contributed by atoms with Gasteiger partial charge in [-0.3, -0.25) is 4.79 Å². The number of nitrogens with zero attached hydrogens (tertiary/aromatic N) is 1. The van der Waals surface area contributed by atoms with Crippen LogP contribution in [0.5, 0.6) is 0 Å². The minimum Gasteiger partial charge on any atom is -0.336 e. The van der Waals surface area contributed by atoms with Crippen molar-refractivity contribution in [3.05, 3.63) is 25.3 Å². The molecule has 0 aromatic carbocycles. The first-order valence-electron chi connectivity index (χ1n) is 4.81. The Kier molecular flexibility index (Phi) is 3.74. The van der Waals surface area contributed by atoms with Crippen LogP contribution in [0, 0.1) is 0 Å². The molecule has 1 aliphatic heterocycles. The number of carbonyl (C=O) groups excluding carboxylic acids is 1. The average Bonchev–Trinajstić information content (AvgIpc) is 2.11. The van der Waals surface area contributed by atoms with Crippen molar-refractivity contribution in [2.75, 3.05) is 6.54 Å². The third-order valence-corrected chi connectivity index (χ3v) is 2.45. The topological polar surface area (TPSA) is 20.3 Å². The molecule has 1 amide bonds. The number of piperidine rings is 1. The van der Waals surface area contributed by atoms with Gasteiger partial charge in [-0.2, -0.15) is 0 Å². The minimum absolute atomic E-state index is 0.262. The van der Waals surface area contributed by atoms with Crippen molar-refractivity contribution in [2.45, 2.75) is 31.7 Å². The van der Waals surface area contributed by atoms with Gasteiger partial charge in [0.25, 0.3) is 0 Å². The fourth-order valence-electron chi connectivity index (χ4n) is 1.82. The summed E-state index contributed by atoms with van der Waals surface area (Å²) < 4.78 is 0. The van der Waals surface area contributed by atoms with E-state index in [1.807, 2.05) is 11.0 Å². The van der Waals surface area contributed by atoms with Crippen LogP contribution in [-0.4, -0.2) is 23.4 Å². The Morgan fingerprint density at radius 2 is 2.23 bits per heavy atom. The van der Waals surface area contributed by atoms with Crippen LogP contribution in [0.25, 0.3) is 0 Å². The third kappa shape index (κ3) is 2.44. The van der Waals surface area contributed by atoms with E-state index in [-0.39, 0.29) is 5.91 Å². The Balaban J connectivity index is 2.61. The molecule has 2 nitrogen and oxygen atoms in total. The first-order chi connectivity index (χ1) is 6.29. The predicted molar refractivity (Wildman–Crippen MR) is 54.4 cm³/mol. The molecule has 0 radical (unpaired) electrons. The smallest absolute Gasteiger partial charge is 0.223 e. The molecule has 0 spiro atoms. The molecule has 0 saturated carbocycles. The molecular weight excluding hydrogens is 162 g/mol. The second-order valence-electron chi connectivity index (χ2n) is 3.41. The normalized spacial score (nSPS) is 22.9. The van der Waals surface area contributed by atoms with Crippen LogP contribution in [0.3, 0.4) is 0 Å². The lowest BCUT2D eigenvalue weighted by molar-refractivity contribution is -0.135. The van der Waals surface area contributed by atoms with Gasteiger partial charge >= 0.3 is 0 Å². The van der Waals surface area contributed by atoms with Gasteiger partial charge in [0.1, 0.15) is 0 Å². The molecule has 1 rings (SSSR count). The summed E-state index contributed by atoms with van der Waals surface area (Å²) in [4.78, 5) is 13.4. The first-order valence-corrected chi connectivity index (χ1v) is 4.81. The highest BCUT2D eigenvalue weighted by Gasteiger charge is 2.25. The molecule has 2 heteroatoms. The Hall–Kier alpha value is -1.05. The summed E-state index contributed by atoms with van der Waals surface area (Å²) in [6, 6.07) is 0.358. The number of hydrogen-bond donors (Lipinski definition) is 0. The molecule has 0 N–H and O–H groups in total. The van der Waals surface area contributed by atoms with Crippen LogP contribution in [0.2, 0.25) is 0 Å². The monoisotopic (exact) mass is 179 g/mol. The van der Waals surface area contributed by atoms with Crippen molar-refractivity contribution < 1.29 is 4.79 Å². The van der Waals surface area contributed by atoms with E-state index in [1.165, 1.54) is 0 Å². The fraction of sp³-hybridized carbons (Fsp3) is 0.545. The molecule has 1 aliphatic rings. The van der Waals surface area contributed by atoms with Crippen molar-refractivity contribution in [2.24, 2.45) is 0 Å². The van der Waals surface area contributed by atoms with Gasteiger partial charge in [-0.15, -0.1) is 13.2 Å². The van der Waals surface area contributed by atoms with E-state index in [1.54, 1.807) is 6.08 Å². The maximum atomic E-state index is 11.5. The Labute approximate surface area is 79.9 Å². The lowest BCUT2D eigenvalue weighted by Crippen LogP contribution is -2.43. The molecular formula is C11H17NO. The standard InChI is InChI=1S/C11H17NO/c1-3-6-10-7-5-8-11(13)12(10)9-4-2/h3-4,10H,1-2,5-9H2. The van der Waals surface area contributed by atoms with Gasteiger partial charge < -0.3 is 4.90 Å². The third-order valence-electron chi connectivity index (χ3n) is 2.45. The van der Waals surface area contributed by atoms with E-state index in [0.29, 0.717) is 19.0 Å². The number of rotatable bonds is 4. The summed E-state index contributed by atoms with van der Waals surface area (Å²) >= 11 is 0. The molecule has 1 fully saturated rings. The highest BCUT2D eigenvalue weighted by atomic mass is 16.2. The summed E-state index contributed by atoms with van der Waals surface area (Å²) in [6.45, 7) is 8.05. The predicted octanol–water partition coefficient (Wildman–Crippen LogP) is 2.13. The van der Waals surface area contributed by atoms with Crippen LogP contribution in [0.1, 0.15) is 25.7 Å². The van der Waals surface area contributed by atoms with Crippen LogP contribution >= 0.6 is 0 Å². The van der Waals surface area contributed by atoms with E-state index in [9.17, 15) is 4.79 Å². The number of amides is 1. The van der Waals surface area contributed by atoms with Gasteiger partial charge in [-0.1, -0.05) is 12.2 Å². The van der Waals surface area contributed by atoms with E-state index in [4.69, 9.17) is 0 Å². The maximum Gasteiger partial charge on any atom is 0.223 e. The molecule has 0 bridgehead atoms. The summed E-state index contributed by atoms with van der Waals surface area (Å²) in [5.41, 5.74) is 0. The van der Waals surface area contributed by atoms with Crippen LogP contribution in [0.4, 0.5) is 0 Å². The van der Waals surface area contributed by atoms with Gasteiger partial charge in [-0.25, -0.2) is 0 Å². The summed E-state index contributed by atoms with van der Waals surface area (Å²) in [5, 5.41) is 0. The van der Waals surface area contributed by atoms with Crippen molar-refractivity contribution >= 4 is 5.91 Å². The summed E-state index contributed by atoms with van der Waals surface area (Å²) in [7, 11) is 0. The molecule has 0 aromatic rings. The van der Waals surface area contributed by atoms with E-state index < -0.39 is 0 Å². The van der Waals surface area contributed by atoms with E-state index >= 15 is 0 Å². The highest BCUT2D eigenvalue weighted by molar-refractivity contribution is 5.77. The summed E-state index contributed by atoms with van der Waals surface area (Å²) in [5.74, 6) is 0.262. The van der Waals surface area contributed by atoms with Gasteiger partial charge in [0.05, 0.1) is 0 Å². The quantitative estimate of drug-likeness (QED) is 0.605. The zero-order valence-corrected chi connectivity index (χ0v) is 8.04. The molecule has 0 aromatic heterocycles. The lowest BCUT2D eigenvalue weighted by Gasteiger charge is -2.34. The Morgan fingerprint density at radius 1 is 1.46 bits per heavy atom.